The Morgan fingerprint density at radius 3 is 2.32 bits per heavy atom. The van der Waals surface area contributed by atoms with E-state index in [1.54, 1.807) is 0 Å². The van der Waals surface area contributed by atoms with Crippen molar-refractivity contribution in [2.24, 2.45) is 0 Å². The van der Waals surface area contributed by atoms with Crippen molar-refractivity contribution in [3.05, 3.63) is 0 Å². The van der Waals surface area contributed by atoms with Crippen LogP contribution in [-0.2, 0) is 4.74 Å². The molecule has 1 aliphatic carbocycles. The molecule has 0 bridgehead atoms. The maximum absolute atomic E-state index is 10.1. The predicted molar refractivity (Wildman–Crippen MR) is 77.4 cm³/mol. The van der Waals surface area contributed by atoms with Gasteiger partial charge in [0, 0.05) is 32.7 Å². The molecule has 1 saturated heterocycles. The van der Waals surface area contributed by atoms with Gasteiger partial charge >= 0.3 is 0 Å². The lowest BCUT2D eigenvalue weighted by Crippen LogP contribution is -2.49. The molecule has 2 aliphatic rings. The predicted octanol–water partition coefficient (Wildman–Crippen LogP) is 1.33. The number of piperazine rings is 1. The van der Waals surface area contributed by atoms with Gasteiger partial charge in [0.05, 0.1) is 18.8 Å². The van der Waals surface area contributed by atoms with Crippen molar-refractivity contribution in [3.63, 3.8) is 0 Å². The average Bonchev–Trinajstić information content (AvgIpc) is 2.47. The highest BCUT2D eigenvalue weighted by atomic mass is 16.5. The molecule has 0 aromatic carbocycles. The molecular formula is C15H30N2O2. The van der Waals surface area contributed by atoms with Gasteiger partial charge < -0.3 is 14.7 Å². The third kappa shape index (κ3) is 5.38. The molecule has 19 heavy (non-hydrogen) atoms. The molecule has 1 saturated carbocycles. The van der Waals surface area contributed by atoms with Gasteiger partial charge in [0.15, 0.2) is 0 Å². The van der Waals surface area contributed by atoms with E-state index in [1.807, 2.05) is 0 Å². The van der Waals surface area contributed by atoms with Crippen molar-refractivity contribution < 1.29 is 9.84 Å². The first-order valence-corrected chi connectivity index (χ1v) is 8.02. The summed E-state index contributed by atoms with van der Waals surface area (Å²) in [6, 6.07) is 0. The van der Waals surface area contributed by atoms with Crippen LogP contribution in [0.2, 0.25) is 0 Å². The Kier molecular flexibility index (Phi) is 6.57. The van der Waals surface area contributed by atoms with Crippen LogP contribution >= 0.6 is 0 Å². The summed E-state index contributed by atoms with van der Waals surface area (Å²) in [5.74, 6) is 0. The molecule has 1 heterocycles. The first kappa shape index (κ1) is 15.2. The van der Waals surface area contributed by atoms with Crippen LogP contribution < -0.4 is 0 Å². The zero-order chi connectivity index (χ0) is 13.5. The lowest BCUT2D eigenvalue weighted by atomic mass is 9.98. The fourth-order valence-corrected chi connectivity index (χ4v) is 3.12. The Labute approximate surface area is 117 Å². The van der Waals surface area contributed by atoms with Crippen molar-refractivity contribution in [3.8, 4) is 0 Å². The first-order valence-electron chi connectivity index (χ1n) is 8.02. The van der Waals surface area contributed by atoms with Crippen LogP contribution in [0.25, 0.3) is 0 Å². The summed E-state index contributed by atoms with van der Waals surface area (Å²) in [7, 11) is 0. The molecule has 1 aliphatic heterocycles. The smallest absolute Gasteiger partial charge is 0.0900 e. The van der Waals surface area contributed by atoms with Crippen molar-refractivity contribution in [1.29, 1.82) is 0 Å². The standard InChI is InChI=1S/C15H30N2O2/c1-2-16-8-10-17(11-9-16)12-14(18)13-19-15-6-4-3-5-7-15/h14-15,18H,2-13H2,1H3/t14-/m0/s1. The van der Waals surface area contributed by atoms with Crippen LogP contribution in [0.4, 0.5) is 0 Å². The normalized spacial score (nSPS) is 25.6. The number of hydrogen-bond acceptors (Lipinski definition) is 4. The third-order valence-corrected chi connectivity index (χ3v) is 4.46. The van der Waals surface area contributed by atoms with E-state index < -0.39 is 0 Å². The third-order valence-electron chi connectivity index (χ3n) is 4.46. The van der Waals surface area contributed by atoms with Crippen molar-refractivity contribution in [1.82, 2.24) is 9.80 Å². The maximum Gasteiger partial charge on any atom is 0.0900 e. The highest BCUT2D eigenvalue weighted by molar-refractivity contribution is 4.74. The molecule has 2 fully saturated rings. The molecule has 112 valence electrons. The van der Waals surface area contributed by atoms with Gasteiger partial charge in [0.1, 0.15) is 0 Å². The van der Waals surface area contributed by atoms with Gasteiger partial charge in [-0.2, -0.15) is 0 Å². The monoisotopic (exact) mass is 270 g/mol. The average molecular weight is 270 g/mol. The van der Waals surface area contributed by atoms with Crippen LogP contribution in [0.5, 0.6) is 0 Å². The van der Waals surface area contributed by atoms with E-state index in [2.05, 4.69) is 16.7 Å². The van der Waals surface area contributed by atoms with E-state index in [0.29, 0.717) is 12.7 Å². The van der Waals surface area contributed by atoms with E-state index >= 15 is 0 Å². The largest absolute Gasteiger partial charge is 0.389 e. The van der Waals surface area contributed by atoms with Crippen molar-refractivity contribution in [2.45, 2.75) is 51.2 Å². The number of β-amino-alcohol motifs (C(OH)–C–C–N with tert-alkyl or cyclic N) is 1. The number of rotatable bonds is 6. The Balaban J connectivity index is 1.57. The molecule has 1 atom stereocenters. The van der Waals surface area contributed by atoms with Crippen LogP contribution in [0.3, 0.4) is 0 Å². The quantitative estimate of drug-likeness (QED) is 0.790. The molecule has 1 N–H and O–H groups in total. The number of aliphatic hydroxyl groups excluding tert-OH is 1. The summed E-state index contributed by atoms with van der Waals surface area (Å²) in [6.07, 6.45) is 6.38. The van der Waals surface area contributed by atoms with Crippen LogP contribution in [0.1, 0.15) is 39.0 Å². The first-order chi connectivity index (χ1) is 9.28. The molecule has 0 aromatic heterocycles. The summed E-state index contributed by atoms with van der Waals surface area (Å²) < 4.78 is 5.84. The minimum atomic E-state index is -0.324. The van der Waals surface area contributed by atoms with Crippen molar-refractivity contribution >= 4 is 0 Å². The summed E-state index contributed by atoms with van der Waals surface area (Å²) >= 11 is 0. The van der Waals surface area contributed by atoms with Gasteiger partial charge in [-0.1, -0.05) is 26.2 Å². The zero-order valence-electron chi connectivity index (χ0n) is 12.4. The van der Waals surface area contributed by atoms with Gasteiger partial charge in [0.2, 0.25) is 0 Å². The maximum atomic E-state index is 10.1. The van der Waals surface area contributed by atoms with Crippen LogP contribution in [0.15, 0.2) is 0 Å². The van der Waals surface area contributed by atoms with Gasteiger partial charge in [-0.25, -0.2) is 0 Å². The number of aliphatic hydroxyl groups is 1. The Morgan fingerprint density at radius 2 is 1.68 bits per heavy atom. The van der Waals surface area contributed by atoms with E-state index in [1.165, 1.54) is 32.1 Å². The number of hydrogen-bond donors (Lipinski definition) is 1. The van der Waals surface area contributed by atoms with Gasteiger partial charge in [-0.05, 0) is 19.4 Å². The van der Waals surface area contributed by atoms with Gasteiger partial charge in [-0.15, -0.1) is 0 Å². The van der Waals surface area contributed by atoms with E-state index in [-0.39, 0.29) is 6.10 Å². The highest BCUT2D eigenvalue weighted by Gasteiger charge is 2.20. The Bertz CT molecular complexity index is 236. The lowest BCUT2D eigenvalue weighted by molar-refractivity contribution is -0.0368. The molecule has 0 radical (unpaired) electrons. The Morgan fingerprint density at radius 1 is 1.05 bits per heavy atom. The number of ether oxygens (including phenoxy) is 1. The summed E-state index contributed by atoms with van der Waals surface area (Å²) in [5, 5.41) is 10.1. The number of likely N-dealkylation sites (N-methyl/N-ethyl adjacent to an activating group) is 1. The zero-order valence-corrected chi connectivity index (χ0v) is 12.4. The minimum absolute atomic E-state index is 0.324. The van der Waals surface area contributed by atoms with E-state index in [0.717, 1.165) is 39.3 Å². The molecule has 0 amide bonds. The SMILES string of the molecule is CCN1CCN(C[C@H](O)COC2CCCCC2)CC1. The van der Waals surface area contributed by atoms with Crippen LogP contribution in [-0.4, -0.2) is 73.0 Å². The Hall–Kier alpha value is -0.160. The fourth-order valence-electron chi connectivity index (χ4n) is 3.12. The summed E-state index contributed by atoms with van der Waals surface area (Å²) in [6.45, 7) is 9.05. The molecule has 0 aromatic rings. The molecular weight excluding hydrogens is 240 g/mol. The molecule has 0 unspecified atom stereocenters. The van der Waals surface area contributed by atoms with Gasteiger partial charge in [0.25, 0.3) is 0 Å². The molecule has 4 nitrogen and oxygen atoms in total. The summed E-state index contributed by atoms with van der Waals surface area (Å²) in [4.78, 5) is 4.82. The topological polar surface area (TPSA) is 35.9 Å². The van der Waals surface area contributed by atoms with Gasteiger partial charge in [-0.3, -0.25) is 4.90 Å². The number of nitrogens with zero attached hydrogens (tertiary/aromatic N) is 2. The highest BCUT2D eigenvalue weighted by Crippen LogP contribution is 2.20. The second-order valence-corrected chi connectivity index (χ2v) is 5.98. The fraction of sp³-hybridized carbons (Fsp3) is 1.00. The van der Waals surface area contributed by atoms with E-state index in [9.17, 15) is 5.11 Å². The molecule has 0 spiro atoms. The second kappa shape index (κ2) is 8.20. The van der Waals surface area contributed by atoms with E-state index in [4.69, 9.17) is 4.74 Å². The molecule has 2 rings (SSSR count). The van der Waals surface area contributed by atoms with Crippen LogP contribution in [0, 0.1) is 0 Å². The summed E-state index contributed by atoms with van der Waals surface area (Å²) in [5.41, 5.74) is 0. The lowest BCUT2D eigenvalue weighted by Gasteiger charge is -2.35. The minimum Gasteiger partial charge on any atom is -0.389 e. The molecule has 4 heteroatoms. The second-order valence-electron chi connectivity index (χ2n) is 5.98. The van der Waals surface area contributed by atoms with Crippen molar-refractivity contribution in [2.75, 3.05) is 45.9 Å².